The Morgan fingerprint density at radius 1 is 1.29 bits per heavy atom. The summed E-state index contributed by atoms with van der Waals surface area (Å²) >= 11 is 0. The quantitative estimate of drug-likeness (QED) is 0.643. The number of phenolic OH excluding ortho intramolecular Hbond substituents is 2. The van der Waals surface area contributed by atoms with Gasteiger partial charge in [0.2, 0.25) is 0 Å². The Morgan fingerprint density at radius 3 is 2.62 bits per heavy atom. The molecule has 1 aromatic carbocycles. The Labute approximate surface area is 127 Å². The van der Waals surface area contributed by atoms with E-state index in [1.807, 2.05) is 0 Å². The largest absolute Gasteiger partial charge is 0.508 e. The van der Waals surface area contributed by atoms with Gasteiger partial charge in [-0.15, -0.1) is 0 Å². The van der Waals surface area contributed by atoms with Crippen molar-refractivity contribution < 1.29 is 10.2 Å². The van der Waals surface area contributed by atoms with Crippen molar-refractivity contribution in [3.63, 3.8) is 0 Å². The number of rotatable bonds is 4. The first-order valence-electron chi connectivity index (χ1n) is 7.75. The molecule has 21 heavy (non-hydrogen) atoms. The van der Waals surface area contributed by atoms with Gasteiger partial charge in [0.05, 0.1) is 5.69 Å². The average molecular weight is 287 g/mol. The SMILES string of the molecule is C/C=C\C(=C/CC)C1CCN(c2cc(O)ccc2O)CC1. The minimum absolute atomic E-state index is 0.199. The first-order valence-corrected chi connectivity index (χ1v) is 7.75. The van der Waals surface area contributed by atoms with E-state index in [0.717, 1.165) is 38.0 Å². The van der Waals surface area contributed by atoms with E-state index in [0.29, 0.717) is 5.92 Å². The monoisotopic (exact) mass is 287 g/mol. The van der Waals surface area contributed by atoms with Gasteiger partial charge in [0.1, 0.15) is 11.5 Å². The number of nitrogens with zero attached hydrogens (tertiary/aromatic N) is 1. The van der Waals surface area contributed by atoms with Crippen LogP contribution in [0.15, 0.2) is 42.0 Å². The minimum Gasteiger partial charge on any atom is -0.508 e. The van der Waals surface area contributed by atoms with Crippen LogP contribution in [-0.4, -0.2) is 23.3 Å². The molecule has 0 spiro atoms. The number of phenols is 2. The van der Waals surface area contributed by atoms with E-state index in [9.17, 15) is 10.2 Å². The highest BCUT2D eigenvalue weighted by molar-refractivity contribution is 5.61. The highest BCUT2D eigenvalue weighted by Gasteiger charge is 2.22. The van der Waals surface area contributed by atoms with Crippen LogP contribution in [-0.2, 0) is 0 Å². The van der Waals surface area contributed by atoms with Crippen molar-refractivity contribution in [2.45, 2.75) is 33.1 Å². The molecule has 2 N–H and O–H groups in total. The molecule has 0 aliphatic carbocycles. The summed E-state index contributed by atoms with van der Waals surface area (Å²) in [7, 11) is 0. The lowest BCUT2D eigenvalue weighted by molar-refractivity contribution is 0.440. The second-order valence-electron chi connectivity index (χ2n) is 5.55. The molecule has 0 atom stereocenters. The van der Waals surface area contributed by atoms with Crippen LogP contribution in [0.5, 0.6) is 11.5 Å². The average Bonchev–Trinajstić information content (AvgIpc) is 2.50. The highest BCUT2D eigenvalue weighted by atomic mass is 16.3. The topological polar surface area (TPSA) is 43.7 Å². The van der Waals surface area contributed by atoms with Gasteiger partial charge >= 0.3 is 0 Å². The fourth-order valence-electron chi connectivity index (χ4n) is 3.02. The van der Waals surface area contributed by atoms with Crippen molar-refractivity contribution in [2.24, 2.45) is 5.92 Å². The van der Waals surface area contributed by atoms with Crippen LogP contribution < -0.4 is 4.90 Å². The number of hydrogen-bond acceptors (Lipinski definition) is 3. The normalized spacial score (nSPS) is 17.6. The third-order valence-electron chi connectivity index (χ3n) is 4.06. The summed E-state index contributed by atoms with van der Waals surface area (Å²) in [5.41, 5.74) is 2.17. The Balaban J connectivity index is 2.06. The Bertz CT molecular complexity index is 526. The van der Waals surface area contributed by atoms with E-state index < -0.39 is 0 Å². The highest BCUT2D eigenvalue weighted by Crippen LogP contribution is 2.35. The first kappa shape index (κ1) is 15.5. The van der Waals surface area contributed by atoms with Gasteiger partial charge in [0.15, 0.2) is 0 Å². The van der Waals surface area contributed by atoms with Crippen LogP contribution in [0.3, 0.4) is 0 Å². The van der Waals surface area contributed by atoms with E-state index in [4.69, 9.17) is 0 Å². The molecule has 1 saturated heterocycles. The van der Waals surface area contributed by atoms with Gasteiger partial charge in [-0.25, -0.2) is 0 Å². The third kappa shape index (κ3) is 3.81. The summed E-state index contributed by atoms with van der Waals surface area (Å²) < 4.78 is 0. The van der Waals surface area contributed by atoms with Gasteiger partial charge in [-0.1, -0.05) is 25.2 Å². The Kier molecular flexibility index (Phi) is 5.32. The van der Waals surface area contributed by atoms with E-state index in [2.05, 4.69) is 37.0 Å². The van der Waals surface area contributed by atoms with Crippen molar-refractivity contribution in [3.05, 3.63) is 42.0 Å². The van der Waals surface area contributed by atoms with Crippen molar-refractivity contribution >= 4 is 5.69 Å². The second-order valence-corrected chi connectivity index (χ2v) is 5.55. The summed E-state index contributed by atoms with van der Waals surface area (Å²) in [6.07, 6.45) is 9.85. The number of aromatic hydroxyl groups is 2. The molecule has 3 heteroatoms. The smallest absolute Gasteiger partial charge is 0.139 e. The number of benzene rings is 1. The molecule has 0 aromatic heterocycles. The van der Waals surface area contributed by atoms with Crippen LogP contribution in [0.1, 0.15) is 33.1 Å². The fraction of sp³-hybridized carbons (Fsp3) is 0.444. The number of allylic oxidation sites excluding steroid dienone is 4. The fourth-order valence-corrected chi connectivity index (χ4v) is 3.02. The molecule has 0 saturated carbocycles. The van der Waals surface area contributed by atoms with Crippen molar-refractivity contribution in [3.8, 4) is 11.5 Å². The maximum Gasteiger partial charge on any atom is 0.139 e. The van der Waals surface area contributed by atoms with Gasteiger partial charge in [-0.2, -0.15) is 0 Å². The van der Waals surface area contributed by atoms with Gasteiger partial charge in [0.25, 0.3) is 0 Å². The maximum atomic E-state index is 9.96. The molecule has 0 unspecified atom stereocenters. The maximum absolute atomic E-state index is 9.96. The molecular weight excluding hydrogens is 262 g/mol. The zero-order valence-corrected chi connectivity index (χ0v) is 12.9. The number of anilines is 1. The molecule has 0 bridgehead atoms. The lowest BCUT2D eigenvalue weighted by Crippen LogP contribution is -2.34. The van der Waals surface area contributed by atoms with E-state index in [1.165, 1.54) is 11.6 Å². The van der Waals surface area contributed by atoms with Crippen LogP contribution in [0, 0.1) is 5.92 Å². The predicted molar refractivity (Wildman–Crippen MR) is 87.9 cm³/mol. The van der Waals surface area contributed by atoms with Gasteiger partial charge in [-0.05, 0) is 49.8 Å². The Morgan fingerprint density at radius 2 is 2.00 bits per heavy atom. The van der Waals surface area contributed by atoms with E-state index >= 15 is 0 Å². The number of piperidine rings is 1. The second kappa shape index (κ2) is 7.21. The molecule has 2 rings (SSSR count). The molecular formula is C18H25NO2. The lowest BCUT2D eigenvalue weighted by atomic mass is 9.88. The third-order valence-corrected chi connectivity index (χ3v) is 4.06. The van der Waals surface area contributed by atoms with Crippen LogP contribution in [0.25, 0.3) is 0 Å². The van der Waals surface area contributed by atoms with Crippen molar-refractivity contribution in [2.75, 3.05) is 18.0 Å². The molecule has 3 nitrogen and oxygen atoms in total. The molecule has 1 fully saturated rings. The summed E-state index contributed by atoms with van der Waals surface area (Å²) in [6, 6.07) is 4.71. The first-order chi connectivity index (χ1) is 10.2. The lowest BCUT2D eigenvalue weighted by Gasteiger charge is -2.34. The zero-order valence-electron chi connectivity index (χ0n) is 12.9. The molecule has 114 valence electrons. The summed E-state index contributed by atoms with van der Waals surface area (Å²) in [5.74, 6) is 1.03. The van der Waals surface area contributed by atoms with Crippen molar-refractivity contribution in [1.82, 2.24) is 0 Å². The predicted octanol–water partition coefficient (Wildman–Crippen LogP) is 4.23. The van der Waals surface area contributed by atoms with Gasteiger partial charge < -0.3 is 15.1 Å². The van der Waals surface area contributed by atoms with Gasteiger partial charge in [-0.3, -0.25) is 0 Å². The van der Waals surface area contributed by atoms with E-state index in [1.54, 1.807) is 12.1 Å². The molecule has 1 aliphatic heterocycles. The van der Waals surface area contributed by atoms with Crippen molar-refractivity contribution in [1.29, 1.82) is 0 Å². The van der Waals surface area contributed by atoms with Crippen LogP contribution in [0.4, 0.5) is 5.69 Å². The summed E-state index contributed by atoms with van der Waals surface area (Å²) in [4.78, 5) is 2.16. The molecule has 1 aromatic rings. The number of hydrogen-bond donors (Lipinski definition) is 2. The molecule has 0 amide bonds. The zero-order chi connectivity index (χ0) is 15.2. The van der Waals surface area contributed by atoms with E-state index in [-0.39, 0.29) is 11.5 Å². The van der Waals surface area contributed by atoms with Gasteiger partial charge in [0, 0.05) is 19.2 Å². The molecule has 1 aliphatic rings. The standard InChI is InChI=1S/C18H25NO2/c1-3-5-14(6-4-2)15-9-11-19(12-10-15)17-13-16(20)7-8-18(17)21/h3,5-8,13,15,20-21H,4,9-12H2,1-2H3/b5-3-,14-6+. The summed E-state index contributed by atoms with van der Waals surface area (Å²) in [6.45, 7) is 6.04. The molecule has 1 heterocycles. The Hall–Kier alpha value is -1.90. The molecule has 0 radical (unpaired) electrons. The van der Waals surface area contributed by atoms with Crippen LogP contribution in [0.2, 0.25) is 0 Å². The minimum atomic E-state index is 0.199. The summed E-state index contributed by atoms with van der Waals surface area (Å²) in [5, 5.41) is 19.5. The van der Waals surface area contributed by atoms with Crippen LogP contribution >= 0.6 is 0 Å².